The zero-order valence-electron chi connectivity index (χ0n) is 11.3. The van der Waals surface area contributed by atoms with E-state index in [1.165, 1.54) is 37.9 Å². The van der Waals surface area contributed by atoms with Crippen LogP contribution < -0.4 is 4.90 Å². The second kappa shape index (κ2) is 5.52. The fraction of sp³-hybridized carbons (Fsp3) is 0.667. The van der Waals surface area contributed by atoms with Gasteiger partial charge in [0.15, 0.2) is 0 Å². The molecular formula is C15H24N2. The lowest BCUT2D eigenvalue weighted by molar-refractivity contribution is 0.529. The number of hydrogen-bond acceptors (Lipinski definition) is 2. The summed E-state index contributed by atoms with van der Waals surface area (Å²) in [5.74, 6) is 2.61. The summed E-state index contributed by atoms with van der Waals surface area (Å²) in [4.78, 5) is 7.04. The Labute approximate surface area is 105 Å². The minimum atomic E-state index is 0.572. The van der Waals surface area contributed by atoms with E-state index in [0.717, 1.165) is 11.7 Å². The zero-order valence-corrected chi connectivity index (χ0v) is 11.3. The maximum absolute atomic E-state index is 4.60. The van der Waals surface area contributed by atoms with Crippen LogP contribution in [-0.4, -0.2) is 18.1 Å². The van der Waals surface area contributed by atoms with Gasteiger partial charge in [0.2, 0.25) is 0 Å². The molecule has 2 rings (SSSR count). The van der Waals surface area contributed by atoms with E-state index < -0.39 is 0 Å². The fourth-order valence-corrected chi connectivity index (χ4v) is 2.61. The molecule has 0 amide bonds. The summed E-state index contributed by atoms with van der Waals surface area (Å²) in [6, 6.07) is 4.41. The third-order valence-corrected chi connectivity index (χ3v) is 3.74. The Kier molecular flexibility index (Phi) is 4.03. The molecule has 1 aliphatic rings. The van der Waals surface area contributed by atoms with Gasteiger partial charge in [0, 0.05) is 19.3 Å². The van der Waals surface area contributed by atoms with E-state index in [1.54, 1.807) is 0 Å². The van der Waals surface area contributed by atoms with Crippen LogP contribution in [0.25, 0.3) is 0 Å². The highest BCUT2D eigenvalue weighted by Crippen LogP contribution is 2.25. The van der Waals surface area contributed by atoms with E-state index in [0.29, 0.717) is 5.92 Å². The predicted molar refractivity (Wildman–Crippen MR) is 73.6 cm³/mol. The SMILES string of the molecule is CCCC1CCN(c2ccc(C(C)C)cn2)C1. The van der Waals surface area contributed by atoms with Crippen molar-refractivity contribution in [3.63, 3.8) is 0 Å². The molecule has 1 aromatic rings. The molecule has 17 heavy (non-hydrogen) atoms. The number of hydrogen-bond donors (Lipinski definition) is 0. The summed E-state index contributed by atoms with van der Waals surface area (Å²) in [5.41, 5.74) is 1.33. The van der Waals surface area contributed by atoms with Gasteiger partial charge in [-0.2, -0.15) is 0 Å². The van der Waals surface area contributed by atoms with Crippen LogP contribution >= 0.6 is 0 Å². The lowest BCUT2D eigenvalue weighted by atomic mass is 10.0. The topological polar surface area (TPSA) is 16.1 Å². The van der Waals surface area contributed by atoms with Gasteiger partial charge in [-0.1, -0.05) is 33.3 Å². The lowest BCUT2D eigenvalue weighted by Gasteiger charge is -2.18. The van der Waals surface area contributed by atoms with Crippen LogP contribution in [0.3, 0.4) is 0 Å². The maximum atomic E-state index is 4.60. The number of nitrogens with zero attached hydrogens (tertiary/aromatic N) is 2. The highest BCUT2D eigenvalue weighted by molar-refractivity contribution is 5.40. The van der Waals surface area contributed by atoms with E-state index >= 15 is 0 Å². The zero-order chi connectivity index (χ0) is 12.3. The molecule has 1 fully saturated rings. The molecule has 2 heterocycles. The molecule has 0 aliphatic carbocycles. The Morgan fingerprint density at radius 2 is 2.24 bits per heavy atom. The highest BCUT2D eigenvalue weighted by atomic mass is 15.2. The minimum Gasteiger partial charge on any atom is -0.356 e. The second-order valence-corrected chi connectivity index (χ2v) is 5.49. The standard InChI is InChI=1S/C15H24N2/c1-4-5-13-8-9-17(11-13)15-7-6-14(10-16-15)12(2)3/h6-7,10,12-13H,4-5,8-9,11H2,1-3H3. The van der Waals surface area contributed by atoms with Crippen LogP contribution in [0, 0.1) is 5.92 Å². The number of rotatable bonds is 4. The highest BCUT2D eigenvalue weighted by Gasteiger charge is 2.22. The van der Waals surface area contributed by atoms with Gasteiger partial charge in [-0.25, -0.2) is 4.98 Å². The second-order valence-electron chi connectivity index (χ2n) is 5.49. The first-order valence-corrected chi connectivity index (χ1v) is 6.91. The van der Waals surface area contributed by atoms with Crippen molar-refractivity contribution < 1.29 is 0 Å². The van der Waals surface area contributed by atoms with Gasteiger partial charge >= 0.3 is 0 Å². The monoisotopic (exact) mass is 232 g/mol. The quantitative estimate of drug-likeness (QED) is 0.784. The Morgan fingerprint density at radius 3 is 2.82 bits per heavy atom. The van der Waals surface area contributed by atoms with Crippen molar-refractivity contribution in [1.29, 1.82) is 0 Å². The molecule has 0 saturated carbocycles. The molecule has 1 atom stereocenters. The van der Waals surface area contributed by atoms with Crippen molar-refractivity contribution in [2.75, 3.05) is 18.0 Å². The molecule has 0 spiro atoms. The summed E-state index contributed by atoms with van der Waals surface area (Å²) in [6.45, 7) is 9.08. The van der Waals surface area contributed by atoms with Gasteiger partial charge in [-0.3, -0.25) is 0 Å². The molecule has 1 aliphatic heterocycles. The average Bonchev–Trinajstić information content (AvgIpc) is 2.78. The summed E-state index contributed by atoms with van der Waals surface area (Å²) in [5, 5.41) is 0. The van der Waals surface area contributed by atoms with E-state index in [4.69, 9.17) is 0 Å². The summed E-state index contributed by atoms with van der Waals surface area (Å²) in [6.07, 6.45) is 6.04. The van der Waals surface area contributed by atoms with Gasteiger partial charge in [-0.15, -0.1) is 0 Å². The minimum absolute atomic E-state index is 0.572. The lowest BCUT2D eigenvalue weighted by Crippen LogP contribution is -2.20. The van der Waals surface area contributed by atoms with Crippen molar-refractivity contribution in [1.82, 2.24) is 4.98 Å². The first-order valence-electron chi connectivity index (χ1n) is 6.91. The first-order chi connectivity index (χ1) is 8.20. The number of pyridine rings is 1. The Morgan fingerprint density at radius 1 is 1.41 bits per heavy atom. The molecule has 0 radical (unpaired) electrons. The summed E-state index contributed by atoms with van der Waals surface area (Å²) in [7, 11) is 0. The van der Waals surface area contributed by atoms with Crippen molar-refractivity contribution in [2.24, 2.45) is 5.92 Å². The van der Waals surface area contributed by atoms with Crippen molar-refractivity contribution >= 4 is 5.82 Å². The fourth-order valence-electron chi connectivity index (χ4n) is 2.61. The Balaban J connectivity index is 1.99. The first kappa shape index (κ1) is 12.4. The molecule has 2 nitrogen and oxygen atoms in total. The van der Waals surface area contributed by atoms with Gasteiger partial charge < -0.3 is 4.90 Å². The van der Waals surface area contributed by atoms with Crippen molar-refractivity contribution in [3.8, 4) is 0 Å². The van der Waals surface area contributed by atoms with Gasteiger partial charge in [0.1, 0.15) is 5.82 Å². The van der Waals surface area contributed by atoms with E-state index in [9.17, 15) is 0 Å². The van der Waals surface area contributed by atoms with Crippen molar-refractivity contribution in [3.05, 3.63) is 23.9 Å². The van der Waals surface area contributed by atoms with Crippen LogP contribution in [0.5, 0.6) is 0 Å². The van der Waals surface area contributed by atoms with Gasteiger partial charge in [0.05, 0.1) is 0 Å². The van der Waals surface area contributed by atoms with Crippen LogP contribution in [0.2, 0.25) is 0 Å². The molecule has 0 bridgehead atoms. The number of aromatic nitrogens is 1. The van der Waals surface area contributed by atoms with E-state index in [-0.39, 0.29) is 0 Å². The van der Waals surface area contributed by atoms with Gasteiger partial charge in [-0.05, 0) is 36.3 Å². The van der Waals surface area contributed by atoms with Crippen LogP contribution in [0.15, 0.2) is 18.3 Å². The van der Waals surface area contributed by atoms with Crippen LogP contribution in [0.1, 0.15) is 51.5 Å². The molecule has 1 aromatic heterocycles. The molecule has 94 valence electrons. The number of anilines is 1. The summed E-state index contributed by atoms with van der Waals surface area (Å²) >= 11 is 0. The Hall–Kier alpha value is -1.05. The summed E-state index contributed by atoms with van der Waals surface area (Å²) < 4.78 is 0. The van der Waals surface area contributed by atoms with Crippen LogP contribution in [0.4, 0.5) is 5.82 Å². The van der Waals surface area contributed by atoms with Crippen LogP contribution in [-0.2, 0) is 0 Å². The van der Waals surface area contributed by atoms with E-state index in [2.05, 4.69) is 42.8 Å². The smallest absolute Gasteiger partial charge is 0.128 e. The normalized spacial score (nSPS) is 20.2. The van der Waals surface area contributed by atoms with Crippen molar-refractivity contribution in [2.45, 2.75) is 46.0 Å². The third-order valence-electron chi connectivity index (χ3n) is 3.74. The third kappa shape index (κ3) is 2.99. The largest absolute Gasteiger partial charge is 0.356 e. The molecule has 2 heteroatoms. The molecule has 1 unspecified atom stereocenters. The molecule has 0 aromatic carbocycles. The average molecular weight is 232 g/mol. The predicted octanol–water partition coefficient (Wildman–Crippen LogP) is 3.83. The molecular weight excluding hydrogens is 208 g/mol. The molecule has 0 N–H and O–H groups in total. The molecule has 1 saturated heterocycles. The van der Waals surface area contributed by atoms with Gasteiger partial charge in [0.25, 0.3) is 0 Å². The van der Waals surface area contributed by atoms with E-state index in [1.807, 2.05) is 6.20 Å². The maximum Gasteiger partial charge on any atom is 0.128 e. The Bertz CT molecular complexity index is 342.